The first-order valence-electron chi connectivity index (χ1n) is 6.02. The summed E-state index contributed by atoms with van der Waals surface area (Å²) in [7, 11) is 0. The van der Waals surface area contributed by atoms with Crippen molar-refractivity contribution in [1.29, 1.82) is 0 Å². The number of para-hydroxylation sites is 2. The molecule has 0 unspecified atom stereocenters. The van der Waals surface area contributed by atoms with Crippen LogP contribution in [0.5, 0.6) is 0 Å². The number of aromatic nitrogens is 2. The highest BCUT2D eigenvalue weighted by molar-refractivity contribution is 7.98. The van der Waals surface area contributed by atoms with Gasteiger partial charge in [0.05, 0.1) is 17.6 Å². The average Bonchev–Trinajstić information content (AvgIpc) is 2.79. The Morgan fingerprint density at radius 1 is 1.11 bits per heavy atom. The summed E-state index contributed by atoms with van der Waals surface area (Å²) in [5.41, 5.74) is 2.67. The van der Waals surface area contributed by atoms with Crippen LogP contribution in [0.4, 0.5) is 4.39 Å². The fourth-order valence-corrected chi connectivity index (χ4v) is 2.73. The minimum atomic E-state index is -0.174. The number of hydrogen-bond acceptors (Lipinski definition) is 2. The molecule has 0 spiro atoms. The van der Waals surface area contributed by atoms with Crippen LogP contribution < -0.4 is 0 Å². The molecule has 0 fully saturated rings. The van der Waals surface area contributed by atoms with E-state index in [1.54, 1.807) is 17.8 Å². The Morgan fingerprint density at radius 2 is 1.84 bits per heavy atom. The maximum Gasteiger partial charge on any atom is 0.169 e. The van der Waals surface area contributed by atoms with E-state index < -0.39 is 0 Å². The van der Waals surface area contributed by atoms with Crippen LogP contribution in [0.15, 0.2) is 53.7 Å². The first kappa shape index (κ1) is 12.2. The molecule has 0 atom stereocenters. The Bertz CT molecular complexity index is 721. The highest BCUT2D eigenvalue weighted by Gasteiger charge is 2.11. The Kier molecular flexibility index (Phi) is 3.25. The van der Waals surface area contributed by atoms with Gasteiger partial charge in [-0.3, -0.25) is 0 Å². The summed E-state index contributed by atoms with van der Waals surface area (Å²) in [5.74, 6) is -0.174. The standard InChI is InChI=1S/C15H13FN2S/c1-19-15-17-13-8-4-5-9-14(13)18(15)10-11-6-2-3-7-12(11)16/h2-9H,10H2,1H3. The maximum atomic E-state index is 13.8. The van der Waals surface area contributed by atoms with Crippen molar-refractivity contribution in [2.24, 2.45) is 0 Å². The van der Waals surface area contributed by atoms with Crippen LogP contribution in [0.2, 0.25) is 0 Å². The van der Waals surface area contributed by atoms with Gasteiger partial charge in [-0.25, -0.2) is 9.37 Å². The van der Waals surface area contributed by atoms with E-state index in [1.807, 2.05) is 42.7 Å². The Morgan fingerprint density at radius 3 is 2.63 bits per heavy atom. The molecular weight excluding hydrogens is 259 g/mol. The highest BCUT2D eigenvalue weighted by atomic mass is 32.2. The second-order valence-corrected chi connectivity index (χ2v) is 5.04. The van der Waals surface area contributed by atoms with E-state index in [0.29, 0.717) is 12.1 Å². The van der Waals surface area contributed by atoms with Crippen LogP contribution in [0.25, 0.3) is 11.0 Å². The first-order chi connectivity index (χ1) is 9.29. The number of rotatable bonds is 3. The zero-order chi connectivity index (χ0) is 13.2. The normalized spacial score (nSPS) is 11.1. The largest absolute Gasteiger partial charge is 0.314 e. The molecule has 2 nitrogen and oxygen atoms in total. The van der Waals surface area contributed by atoms with E-state index in [9.17, 15) is 4.39 Å². The molecule has 0 amide bonds. The van der Waals surface area contributed by atoms with Crippen LogP contribution in [-0.4, -0.2) is 15.8 Å². The van der Waals surface area contributed by atoms with E-state index in [-0.39, 0.29) is 5.82 Å². The molecule has 0 aliphatic carbocycles. The van der Waals surface area contributed by atoms with Crippen molar-refractivity contribution in [2.45, 2.75) is 11.7 Å². The number of benzene rings is 2. The quantitative estimate of drug-likeness (QED) is 0.672. The van der Waals surface area contributed by atoms with Crippen molar-refractivity contribution in [3.8, 4) is 0 Å². The molecule has 1 aromatic heterocycles. The summed E-state index contributed by atoms with van der Waals surface area (Å²) < 4.78 is 15.8. The van der Waals surface area contributed by atoms with Crippen molar-refractivity contribution in [1.82, 2.24) is 9.55 Å². The van der Waals surface area contributed by atoms with Gasteiger partial charge in [-0.15, -0.1) is 0 Å². The fourth-order valence-electron chi connectivity index (χ4n) is 2.16. The van der Waals surface area contributed by atoms with E-state index >= 15 is 0 Å². The number of halogens is 1. The van der Waals surface area contributed by atoms with Crippen molar-refractivity contribution in [3.05, 3.63) is 59.9 Å². The van der Waals surface area contributed by atoms with Gasteiger partial charge in [0.2, 0.25) is 0 Å². The highest BCUT2D eigenvalue weighted by Crippen LogP contribution is 2.24. The van der Waals surface area contributed by atoms with Crippen molar-refractivity contribution in [2.75, 3.05) is 6.26 Å². The van der Waals surface area contributed by atoms with Gasteiger partial charge in [-0.05, 0) is 24.5 Å². The number of thioether (sulfide) groups is 1. The third kappa shape index (κ3) is 2.24. The molecular formula is C15H13FN2S. The molecule has 4 heteroatoms. The smallest absolute Gasteiger partial charge is 0.169 e. The molecule has 0 N–H and O–H groups in total. The van der Waals surface area contributed by atoms with Crippen LogP contribution in [0, 0.1) is 5.82 Å². The van der Waals surface area contributed by atoms with Gasteiger partial charge in [0, 0.05) is 5.56 Å². The zero-order valence-corrected chi connectivity index (χ0v) is 11.3. The van der Waals surface area contributed by atoms with Gasteiger partial charge >= 0.3 is 0 Å². The van der Waals surface area contributed by atoms with Gasteiger partial charge in [-0.2, -0.15) is 0 Å². The van der Waals surface area contributed by atoms with Crippen molar-refractivity contribution < 1.29 is 4.39 Å². The second kappa shape index (κ2) is 5.05. The summed E-state index contributed by atoms with van der Waals surface area (Å²) in [6.07, 6.45) is 1.99. The van der Waals surface area contributed by atoms with E-state index in [2.05, 4.69) is 9.55 Å². The maximum absolute atomic E-state index is 13.8. The van der Waals surface area contributed by atoms with Crippen LogP contribution in [0.3, 0.4) is 0 Å². The predicted octanol–water partition coefficient (Wildman–Crippen LogP) is 3.95. The van der Waals surface area contributed by atoms with Crippen LogP contribution in [-0.2, 0) is 6.54 Å². The summed E-state index contributed by atoms with van der Waals surface area (Å²) in [5, 5.41) is 0.907. The fraction of sp³-hybridized carbons (Fsp3) is 0.133. The lowest BCUT2D eigenvalue weighted by Crippen LogP contribution is -2.03. The van der Waals surface area contributed by atoms with E-state index in [4.69, 9.17) is 0 Å². The molecule has 3 rings (SSSR count). The van der Waals surface area contributed by atoms with Gasteiger partial charge < -0.3 is 4.57 Å². The first-order valence-corrected chi connectivity index (χ1v) is 7.25. The minimum absolute atomic E-state index is 0.174. The number of imidazole rings is 1. The molecule has 0 bridgehead atoms. The molecule has 0 aliphatic rings. The lowest BCUT2D eigenvalue weighted by atomic mass is 10.2. The van der Waals surface area contributed by atoms with Gasteiger partial charge in [0.25, 0.3) is 0 Å². The third-order valence-electron chi connectivity index (χ3n) is 3.09. The Balaban J connectivity index is 2.12. The van der Waals surface area contributed by atoms with Crippen molar-refractivity contribution >= 4 is 22.8 Å². The summed E-state index contributed by atoms with van der Waals surface area (Å²) in [6.45, 7) is 0.503. The third-order valence-corrected chi connectivity index (χ3v) is 3.77. The Hall–Kier alpha value is -1.81. The van der Waals surface area contributed by atoms with Crippen molar-refractivity contribution in [3.63, 3.8) is 0 Å². The van der Waals surface area contributed by atoms with Crippen LogP contribution >= 0.6 is 11.8 Å². The predicted molar refractivity (Wildman–Crippen MR) is 77.0 cm³/mol. The lowest BCUT2D eigenvalue weighted by molar-refractivity contribution is 0.594. The molecule has 96 valence electrons. The molecule has 0 aliphatic heterocycles. The molecule has 2 aromatic carbocycles. The zero-order valence-electron chi connectivity index (χ0n) is 10.5. The number of fused-ring (bicyclic) bond motifs is 1. The molecule has 3 aromatic rings. The number of nitrogens with zero attached hydrogens (tertiary/aromatic N) is 2. The molecule has 19 heavy (non-hydrogen) atoms. The second-order valence-electron chi connectivity index (χ2n) is 4.26. The molecule has 0 saturated heterocycles. The van der Waals surface area contributed by atoms with Gasteiger partial charge in [0.1, 0.15) is 5.82 Å². The SMILES string of the molecule is CSc1nc2ccccc2n1Cc1ccccc1F. The summed E-state index contributed by atoms with van der Waals surface area (Å²) >= 11 is 1.58. The molecule has 1 heterocycles. The van der Waals surface area contributed by atoms with E-state index in [1.165, 1.54) is 6.07 Å². The van der Waals surface area contributed by atoms with Gasteiger partial charge in [0.15, 0.2) is 5.16 Å². The number of hydrogen-bond donors (Lipinski definition) is 0. The lowest BCUT2D eigenvalue weighted by Gasteiger charge is -2.08. The average molecular weight is 272 g/mol. The van der Waals surface area contributed by atoms with Crippen LogP contribution in [0.1, 0.15) is 5.56 Å². The topological polar surface area (TPSA) is 17.8 Å². The molecule has 0 saturated carbocycles. The monoisotopic (exact) mass is 272 g/mol. The minimum Gasteiger partial charge on any atom is -0.314 e. The summed E-state index contributed by atoms with van der Waals surface area (Å²) in [4.78, 5) is 4.56. The van der Waals surface area contributed by atoms with E-state index in [0.717, 1.165) is 16.2 Å². The Labute approximate surface area is 115 Å². The molecule has 0 radical (unpaired) electrons. The summed E-state index contributed by atoms with van der Waals surface area (Å²) in [6, 6.07) is 14.8. The van der Waals surface area contributed by atoms with Gasteiger partial charge in [-0.1, -0.05) is 42.1 Å².